The minimum atomic E-state index is -0.810. The number of esters is 1. The third-order valence-electron chi connectivity index (χ3n) is 3.72. The average Bonchev–Trinajstić information content (AvgIpc) is 2.62. The van der Waals surface area contributed by atoms with Crippen LogP contribution in [-0.2, 0) is 11.8 Å². The molecule has 3 rings (SSSR count). The Bertz CT molecular complexity index is 1090. The molecular formula is C18H12Cl2N2O4. The van der Waals surface area contributed by atoms with E-state index in [1.165, 1.54) is 25.2 Å². The van der Waals surface area contributed by atoms with E-state index in [1.807, 2.05) is 0 Å². The summed E-state index contributed by atoms with van der Waals surface area (Å²) in [6.45, 7) is -0.515. The highest BCUT2D eigenvalue weighted by Crippen LogP contribution is 2.21. The van der Waals surface area contributed by atoms with Crippen LogP contribution in [0.4, 0.5) is 0 Å². The Morgan fingerprint density at radius 1 is 1.12 bits per heavy atom. The molecule has 1 heterocycles. The van der Waals surface area contributed by atoms with E-state index in [0.717, 1.165) is 4.68 Å². The number of carbonyl (C=O) groups is 2. The second-order valence-corrected chi connectivity index (χ2v) is 6.29. The number of ketones is 1. The van der Waals surface area contributed by atoms with Gasteiger partial charge in [0.15, 0.2) is 12.3 Å². The van der Waals surface area contributed by atoms with Gasteiger partial charge in [-0.05, 0) is 24.3 Å². The number of fused-ring (bicyclic) bond motifs is 1. The molecule has 0 unspecified atom stereocenters. The molecule has 8 heteroatoms. The van der Waals surface area contributed by atoms with Gasteiger partial charge in [-0.1, -0.05) is 41.4 Å². The Hall–Kier alpha value is -2.70. The maximum atomic E-state index is 12.4. The Morgan fingerprint density at radius 3 is 2.50 bits per heavy atom. The molecule has 0 saturated carbocycles. The van der Waals surface area contributed by atoms with Crippen LogP contribution >= 0.6 is 23.2 Å². The Kier molecular flexibility index (Phi) is 5.06. The number of benzene rings is 2. The molecule has 0 radical (unpaired) electrons. The molecule has 0 bridgehead atoms. The second-order valence-electron chi connectivity index (χ2n) is 5.45. The first kappa shape index (κ1) is 18.1. The maximum Gasteiger partial charge on any atom is 0.359 e. The largest absolute Gasteiger partial charge is 0.452 e. The van der Waals surface area contributed by atoms with E-state index in [-0.39, 0.29) is 21.8 Å². The van der Waals surface area contributed by atoms with Gasteiger partial charge in [0.2, 0.25) is 5.78 Å². The van der Waals surface area contributed by atoms with Gasteiger partial charge in [0.25, 0.3) is 5.56 Å². The average molecular weight is 391 g/mol. The minimum Gasteiger partial charge on any atom is -0.452 e. The standard InChI is InChI=1S/C18H12Cl2N2O4/c1-22-17(24)12-5-3-2-4-11(12)16(21-22)18(25)26-9-15(23)13-7-6-10(19)8-14(13)20/h2-8H,9H2,1H3. The van der Waals surface area contributed by atoms with E-state index in [1.54, 1.807) is 24.3 Å². The monoisotopic (exact) mass is 390 g/mol. The van der Waals surface area contributed by atoms with E-state index >= 15 is 0 Å². The number of carbonyl (C=O) groups excluding carboxylic acids is 2. The summed E-state index contributed by atoms with van der Waals surface area (Å²) in [6, 6.07) is 11.0. The fourth-order valence-corrected chi connectivity index (χ4v) is 2.96. The van der Waals surface area contributed by atoms with Crippen LogP contribution in [0.15, 0.2) is 47.3 Å². The molecule has 6 nitrogen and oxygen atoms in total. The third kappa shape index (κ3) is 3.47. The normalized spacial score (nSPS) is 10.7. The second kappa shape index (κ2) is 7.27. The number of aryl methyl sites for hydroxylation is 1. The van der Waals surface area contributed by atoms with Crippen molar-refractivity contribution in [1.29, 1.82) is 0 Å². The predicted molar refractivity (Wildman–Crippen MR) is 98.1 cm³/mol. The Balaban J connectivity index is 1.85. The first-order valence-electron chi connectivity index (χ1n) is 7.50. The van der Waals surface area contributed by atoms with Crippen molar-refractivity contribution in [2.24, 2.45) is 7.05 Å². The summed E-state index contributed by atoms with van der Waals surface area (Å²) in [6.07, 6.45) is 0. The van der Waals surface area contributed by atoms with Crippen molar-refractivity contribution < 1.29 is 14.3 Å². The molecule has 1 aromatic heterocycles. The van der Waals surface area contributed by atoms with Crippen LogP contribution in [0.3, 0.4) is 0 Å². The van der Waals surface area contributed by atoms with Crippen LogP contribution in [0.25, 0.3) is 10.8 Å². The van der Waals surface area contributed by atoms with Gasteiger partial charge >= 0.3 is 5.97 Å². The van der Waals surface area contributed by atoms with E-state index in [0.29, 0.717) is 15.8 Å². The van der Waals surface area contributed by atoms with Crippen molar-refractivity contribution in [3.8, 4) is 0 Å². The highest BCUT2D eigenvalue weighted by molar-refractivity contribution is 6.36. The molecule has 0 saturated heterocycles. The molecule has 3 aromatic rings. The molecule has 0 N–H and O–H groups in total. The highest BCUT2D eigenvalue weighted by atomic mass is 35.5. The number of aromatic nitrogens is 2. The summed E-state index contributed by atoms with van der Waals surface area (Å²) in [5.41, 5.74) is -0.180. The summed E-state index contributed by atoms with van der Waals surface area (Å²) >= 11 is 11.8. The molecule has 0 fully saturated rings. The lowest BCUT2D eigenvalue weighted by Crippen LogP contribution is -2.24. The predicted octanol–water partition coefficient (Wildman–Crippen LogP) is 3.28. The van der Waals surface area contributed by atoms with Crippen molar-refractivity contribution in [2.75, 3.05) is 6.61 Å². The quantitative estimate of drug-likeness (QED) is 0.504. The van der Waals surface area contributed by atoms with Crippen LogP contribution in [0.2, 0.25) is 10.0 Å². The highest BCUT2D eigenvalue weighted by Gasteiger charge is 2.19. The van der Waals surface area contributed by atoms with Gasteiger partial charge < -0.3 is 4.74 Å². The van der Waals surface area contributed by atoms with Gasteiger partial charge in [-0.25, -0.2) is 9.48 Å². The van der Waals surface area contributed by atoms with Gasteiger partial charge in [0.1, 0.15) is 0 Å². The fourth-order valence-electron chi connectivity index (χ4n) is 2.44. The van der Waals surface area contributed by atoms with Gasteiger partial charge in [-0.2, -0.15) is 5.10 Å². The van der Waals surface area contributed by atoms with Crippen LogP contribution in [0, 0.1) is 0 Å². The molecule has 0 aliphatic rings. The number of hydrogen-bond donors (Lipinski definition) is 0. The number of hydrogen-bond acceptors (Lipinski definition) is 5. The molecule has 132 valence electrons. The fraction of sp³-hybridized carbons (Fsp3) is 0.111. The van der Waals surface area contributed by atoms with E-state index in [4.69, 9.17) is 27.9 Å². The summed E-state index contributed by atoms with van der Waals surface area (Å²) in [7, 11) is 1.43. The van der Waals surface area contributed by atoms with Crippen molar-refractivity contribution in [3.05, 3.63) is 74.1 Å². The molecule has 0 aliphatic carbocycles. The zero-order valence-electron chi connectivity index (χ0n) is 13.5. The maximum absolute atomic E-state index is 12.4. The number of rotatable bonds is 4. The molecule has 2 aromatic carbocycles. The smallest absolute Gasteiger partial charge is 0.359 e. The third-order valence-corrected chi connectivity index (χ3v) is 4.26. The molecule has 26 heavy (non-hydrogen) atoms. The van der Waals surface area contributed by atoms with E-state index < -0.39 is 18.4 Å². The number of nitrogens with zero attached hydrogens (tertiary/aromatic N) is 2. The van der Waals surface area contributed by atoms with Crippen molar-refractivity contribution in [1.82, 2.24) is 9.78 Å². The van der Waals surface area contributed by atoms with E-state index in [9.17, 15) is 14.4 Å². The molecule has 0 aliphatic heterocycles. The van der Waals surface area contributed by atoms with Gasteiger partial charge in [-0.15, -0.1) is 0 Å². The Labute approximate surface area is 157 Å². The molecular weight excluding hydrogens is 379 g/mol. The molecule has 0 amide bonds. The van der Waals surface area contributed by atoms with Crippen molar-refractivity contribution >= 4 is 45.7 Å². The SMILES string of the molecule is Cn1nc(C(=O)OCC(=O)c2ccc(Cl)cc2Cl)c2ccccc2c1=O. The van der Waals surface area contributed by atoms with Gasteiger partial charge in [0, 0.05) is 23.0 Å². The zero-order valence-corrected chi connectivity index (χ0v) is 15.0. The summed E-state index contributed by atoms with van der Waals surface area (Å²) in [5.74, 6) is -1.29. The number of ether oxygens (including phenoxy) is 1. The van der Waals surface area contributed by atoms with Gasteiger partial charge in [0.05, 0.1) is 10.4 Å². The lowest BCUT2D eigenvalue weighted by atomic mass is 10.1. The van der Waals surface area contributed by atoms with Crippen molar-refractivity contribution in [3.63, 3.8) is 0 Å². The Morgan fingerprint density at radius 2 is 1.81 bits per heavy atom. The first-order chi connectivity index (χ1) is 12.4. The van der Waals surface area contributed by atoms with Crippen LogP contribution in [0.1, 0.15) is 20.8 Å². The summed E-state index contributed by atoms with van der Waals surface area (Å²) < 4.78 is 6.13. The topological polar surface area (TPSA) is 78.3 Å². The number of Topliss-reactive ketones (excluding diaryl/α,β-unsaturated/α-hetero) is 1. The van der Waals surface area contributed by atoms with Crippen molar-refractivity contribution in [2.45, 2.75) is 0 Å². The molecule has 0 atom stereocenters. The van der Waals surface area contributed by atoms with E-state index in [2.05, 4.69) is 5.10 Å². The minimum absolute atomic E-state index is 0.0438. The van der Waals surface area contributed by atoms with Crippen LogP contribution in [0.5, 0.6) is 0 Å². The van der Waals surface area contributed by atoms with Crippen LogP contribution in [-0.4, -0.2) is 28.1 Å². The lowest BCUT2D eigenvalue weighted by Gasteiger charge is -2.08. The molecule has 0 spiro atoms. The lowest BCUT2D eigenvalue weighted by molar-refractivity contribution is 0.0469. The van der Waals surface area contributed by atoms with Crippen LogP contribution < -0.4 is 5.56 Å². The number of halogens is 2. The summed E-state index contributed by atoms with van der Waals surface area (Å²) in [4.78, 5) is 36.7. The zero-order chi connectivity index (χ0) is 18.8. The summed E-state index contributed by atoms with van der Waals surface area (Å²) in [5, 5.41) is 5.21. The first-order valence-corrected chi connectivity index (χ1v) is 8.25. The van der Waals surface area contributed by atoms with Gasteiger partial charge in [-0.3, -0.25) is 9.59 Å².